The van der Waals surface area contributed by atoms with Crippen LogP contribution in [0.1, 0.15) is 40.0 Å². The van der Waals surface area contributed by atoms with Crippen molar-refractivity contribution < 1.29 is 28.7 Å². The van der Waals surface area contributed by atoms with Gasteiger partial charge in [0, 0.05) is 19.0 Å². The van der Waals surface area contributed by atoms with Crippen LogP contribution in [-0.2, 0) is 18.8 Å². The Morgan fingerprint density at radius 2 is 2.00 bits per heavy atom. The first-order chi connectivity index (χ1) is 16.0. The van der Waals surface area contributed by atoms with Crippen LogP contribution in [0.25, 0.3) is 0 Å². The van der Waals surface area contributed by atoms with E-state index in [0.717, 1.165) is 24.5 Å². The number of amides is 2. The molecule has 0 unspecified atom stereocenters. The summed E-state index contributed by atoms with van der Waals surface area (Å²) in [5, 5.41) is 9.90. The van der Waals surface area contributed by atoms with E-state index >= 15 is 0 Å². The lowest BCUT2D eigenvalue weighted by Gasteiger charge is -2.47. The van der Waals surface area contributed by atoms with Gasteiger partial charge in [-0.3, -0.25) is 4.79 Å². The number of nitrogens with zero attached hydrogens (tertiary/aromatic N) is 2. The number of carboxylic acid groups (broad SMARTS) is 1. The molecule has 1 N–H and O–H groups in total. The molecule has 0 radical (unpaired) electrons. The number of hydrogen-bond acceptors (Lipinski definition) is 5. The summed E-state index contributed by atoms with van der Waals surface area (Å²) in [5.74, 6) is -1.41. The van der Waals surface area contributed by atoms with Crippen LogP contribution in [0.15, 0.2) is 35.6 Å². The minimum absolute atomic E-state index is 0.0938. The van der Waals surface area contributed by atoms with Crippen molar-refractivity contribution in [3.8, 4) is 0 Å². The Hall–Kier alpha value is -2.39. The minimum atomic E-state index is -1.89. The fraction of sp³-hybridized carbons (Fsp3) is 0.640. The van der Waals surface area contributed by atoms with Crippen molar-refractivity contribution in [1.82, 2.24) is 9.80 Å². The predicted molar refractivity (Wildman–Crippen MR) is 132 cm³/mol. The molecule has 0 aromatic rings. The van der Waals surface area contributed by atoms with Gasteiger partial charge in [0.1, 0.15) is 12.3 Å². The third-order valence-corrected chi connectivity index (χ3v) is 9.58. The minimum Gasteiger partial charge on any atom is -0.477 e. The molecule has 0 bridgehead atoms. The number of allylic oxidation sites excluding steroid dienone is 1. The highest BCUT2D eigenvalue weighted by Crippen LogP contribution is 2.47. The summed E-state index contributed by atoms with van der Waals surface area (Å²) in [6.07, 6.45) is 5.69. The maximum Gasteiger partial charge on any atom is 0.410 e. The van der Waals surface area contributed by atoms with Gasteiger partial charge in [-0.15, -0.1) is 0 Å². The van der Waals surface area contributed by atoms with Crippen LogP contribution >= 0.6 is 0 Å². The van der Waals surface area contributed by atoms with Crippen LogP contribution < -0.4 is 0 Å². The number of unbranched alkanes of at least 4 members (excludes halogenated alkanes) is 1. The molecule has 188 valence electrons. The molecule has 0 saturated carbocycles. The Balaban J connectivity index is 1.67. The smallest absolute Gasteiger partial charge is 0.410 e. The van der Waals surface area contributed by atoms with Crippen LogP contribution in [0.3, 0.4) is 0 Å². The molecule has 0 aliphatic carbocycles. The Labute approximate surface area is 203 Å². The Bertz CT molecular complexity index is 905. The van der Waals surface area contributed by atoms with Gasteiger partial charge in [-0.1, -0.05) is 38.5 Å². The van der Waals surface area contributed by atoms with Crippen molar-refractivity contribution in [2.24, 2.45) is 11.8 Å². The topological polar surface area (TPSA) is 96.4 Å². The SMILES string of the molecule is C=CCOC(=O)N1CC(C=C(C)C2=C(C(=O)O)N3C(=O)[C@H]([C@@H](C)O[Si](C)(C)CCCC)[C@H]3C2)C1. The van der Waals surface area contributed by atoms with Gasteiger partial charge in [0.25, 0.3) is 0 Å². The first kappa shape index (κ1) is 26.2. The second-order valence-corrected chi connectivity index (χ2v) is 14.5. The van der Waals surface area contributed by atoms with E-state index in [4.69, 9.17) is 9.16 Å². The second kappa shape index (κ2) is 10.5. The van der Waals surface area contributed by atoms with Gasteiger partial charge >= 0.3 is 12.1 Å². The van der Waals surface area contributed by atoms with E-state index in [2.05, 4.69) is 26.6 Å². The number of hydrogen-bond donors (Lipinski definition) is 1. The summed E-state index contributed by atoms with van der Waals surface area (Å²) >= 11 is 0. The molecular formula is C25H38N2O6Si. The summed E-state index contributed by atoms with van der Waals surface area (Å²) in [6.45, 7) is 15.1. The normalized spacial score (nSPS) is 23.9. The largest absolute Gasteiger partial charge is 0.477 e. The monoisotopic (exact) mass is 490 g/mol. The van der Waals surface area contributed by atoms with Gasteiger partial charge < -0.3 is 24.1 Å². The number of carboxylic acids is 1. The average Bonchev–Trinajstić information content (AvgIpc) is 3.07. The number of likely N-dealkylation sites (tertiary alicyclic amines) is 1. The lowest BCUT2D eigenvalue weighted by Crippen LogP contribution is -2.63. The molecule has 3 aliphatic rings. The maximum absolute atomic E-state index is 13.0. The summed E-state index contributed by atoms with van der Waals surface area (Å²) in [7, 11) is -1.89. The highest BCUT2D eigenvalue weighted by Gasteiger charge is 2.57. The molecule has 2 saturated heterocycles. The third kappa shape index (κ3) is 5.30. The number of ether oxygens (including phenoxy) is 1. The molecule has 9 heteroatoms. The standard InChI is InChI=1S/C25H38N2O6Si/c1-7-9-11-34(5,6)33-17(4)21-20-13-19(22(24(29)30)27(20)23(21)28)16(3)12-18-14-26(15-18)25(31)32-10-8-2/h8,12,17-18,20-21H,2,7,9-11,13-15H2,1,3-6H3,(H,29,30)/t17-,20-,21-/m1/s1. The summed E-state index contributed by atoms with van der Waals surface area (Å²) < 4.78 is 11.5. The Morgan fingerprint density at radius 3 is 2.59 bits per heavy atom. The van der Waals surface area contributed by atoms with E-state index < -0.39 is 14.3 Å². The zero-order chi connectivity index (χ0) is 25.2. The molecule has 2 amide bonds. The van der Waals surface area contributed by atoms with Crippen molar-refractivity contribution in [1.29, 1.82) is 0 Å². The number of rotatable bonds is 11. The molecule has 3 heterocycles. The van der Waals surface area contributed by atoms with E-state index in [1.807, 2.05) is 19.9 Å². The van der Waals surface area contributed by atoms with Crippen LogP contribution in [0.2, 0.25) is 19.1 Å². The van der Waals surface area contributed by atoms with Crippen molar-refractivity contribution in [3.05, 3.63) is 35.6 Å². The van der Waals surface area contributed by atoms with Gasteiger partial charge in [0.05, 0.1) is 18.1 Å². The Kier molecular flexibility index (Phi) is 8.08. The summed E-state index contributed by atoms with van der Waals surface area (Å²) in [5.41, 5.74) is 1.65. The highest BCUT2D eigenvalue weighted by molar-refractivity contribution is 6.71. The molecule has 8 nitrogen and oxygen atoms in total. The van der Waals surface area contributed by atoms with Crippen molar-refractivity contribution in [2.75, 3.05) is 19.7 Å². The first-order valence-corrected chi connectivity index (χ1v) is 15.3. The number of carbonyl (C=O) groups is 3. The zero-order valence-corrected chi connectivity index (χ0v) is 22.0. The second-order valence-electron chi connectivity index (χ2n) is 10.2. The molecular weight excluding hydrogens is 452 g/mol. The number of aliphatic carboxylic acids is 1. The number of β-lactam (4-membered cyclic amide) rings is 1. The van der Waals surface area contributed by atoms with Crippen LogP contribution in [-0.4, -0.2) is 73.0 Å². The quantitative estimate of drug-likeness (QED) is 0.265. The van der Waals surface area contributed by atoms with E-state index in [-0.39, 0.29) is 48.3 Å². The maximum atomic E-state index is 13.0. The van der Waals surface area contributed by atoms with Crippen LogP contribution in [0.5, 0.6) is 0 Å². The lowest BCUT2D eigenvalue weighted by atomic mass is 9.82. The molecule has 0 aromatic heterocycles. The van der Waals surface area contributed by atoms with Crippen molar-refractivity contribution in [2.45, 2.75) is 71.3 Å². The van der Waals surface area contributed by atoms with E-state index in [1.165, 1.54) is 11.0 Å². The highest BCUT2D eigenvalue weighted by atomic mass is 28.4. The van der Waals surface area contributed by atoms with Crippen molar-refractivity contribution in [3.63, 3.8) is 0 Å². The van der Waals surface area contributed by atoms with E-state index in [1.54, 1.807) is 4.90 Å². The van der Waals surface area contributed by atoms with E-state index in [0.29, 0.717) is 25.1 Å². The van der Waals surface area contributed by atoms with Gasteiger partial charge in [-0.25, -0.2) is 9.59 Å². The first-order valence-electron chi connectivity index (χ1n) is 12.2. The zero-order valence-electron chi connectivity index (χ0n) is 21.0. The average molecular weight is 491 g/mol. The fourth-order valence-electron chi connectivity index (χ4n) is 5.29. The van der Waals surface area contributed by atoms with Crippen LogP contribution in [0.4, 0.5) is 4.79 Å². The molecule has 2 fully saturated rings. The van der Waals surface area contributed by atoms with Gasteiger partial charge in [-0.05, 0) is 50.6 Å². The molecule has 0 aromatic carbocycles. The molecule has 34 heavy (non-hydrogen) atoms. The van der Waals surface area contributed by atoms with Gasteiger partial charge in [0.2, 0.25) is 5.91 Å². The Morgan fingerprint density at radius 1 is 1.32 bits per heavy atom. The van der Waals surface area contributed by atoms with E-state index in [9.17, 15) is 19.5 Å². The molecule has 3 rings (SSSR count). The van der Waals surface area contributed by atoms with Crippen molar-refractivity contribution >= 4 is 26.3 Å². The number of fused-ring (bicyclic) bond motifs is 1. The fourth-order valence-corrected chi connectivity index (χ4v) is 7.76. The van der Waals surface area contributed by atoms with Gasteiger partial charge in [0.15, 0.2) is 8.32 Å². The predicted octanol–water partition coefficient (Wildman–Crippen LogP) is 4.17. The third-order valence-electron chi connectivity index (χ3n) is 7.01. The molecule has 0 spiro atoms. The molecule has 3 atom stereocenters. The molecule has 3 aliphatic heterocycles. The number of carbonyl (C=O) groups excluding carboxylic acids is 2. The van der Waals surface area contributed by atoms with Crippen LogP contribution in [0, 0.1) is 11.8 Å². The summed E-state index contributed by atoms with van der Waals surface area (Å²) in [6, 6.07) is 0.878. The summed E-state index contributed by atoms with van der Waals surface area (Å²) in [4.78, 5) is 40.1. The lowest BCUT2D eigenvalue weighted by molar-refractivity contribution is -0.160. The van der Waals surface area contributed by atoms with Gasteiger partial charge in [-0.2, -0.15) is 0 Å².